The van der Waals surface area contributed by atoms with Gasteiger partial charge in [0, 0.05) is 32.9 Å². The Hall–Kier alpha value is -1.71. The summed E-state index contributed by atoms with van der Waals surface area (Å²) in [5.74, 6) is 0.889. The molecule has 0 amide bonds. The monoisotopic (exact) mass is 262 g/mol. The number of hydrogen-bond acceptors (Lipinski definition) is 2. The van der Waals surface area contributed by atoms with Crippen molar-refractivity contribution in [3.05, 3.63) is 29.8 Å². The molecule has 0 spiro atoms. The minimum atomic E-state index is 0.695. The quantitative estimate of drug-likeness (QED) is 0.610. The molecule has 0 radical (unpaired) electrons. The third kappa shape index (κ3) is 5.64. The zero-order chi connectivity index (χ0) is 14.1. The van der Waals surface area contributed by atoms with Crippen molar-refractivity contribution in [3.63, 3.8) is 0 Å². The Morgan fingerprint density at radius 1 is 1.21 bits per heavy atom. The lowest BCUT2D eigenvalue weighted by atomic mass is 10.2. The van der Waals surface area contributed by atoms with E-state index in [4.69, 9.17) is 0 Å². The molecule has 0 bridgehead atoms. The van der Waals surface area contributed by atoms with E-state index in [9.17, 15) is 0 Å². The fourth-order valence-corrected chi connectivity index (χ4v) is 1.69. The van der Waals surface area contributed by atoms with Gasteiger partial charge >= 0.3 is 0 Å². The number of nitrogens with one attached hydrogen (secondary N) is 2. The van der Waals surface area contributed by atoms with Gasteiger partial charge in [-0.05, 0) is 31.0 Å². The molecular weight excluding hydrogens is 236 g/mol. The number of benzene rings is 1. The SMILES string of the molecule is CCCNC(=NCc1cccc(N(C)C)c1)NCC. The van der Waals surface area contributed by atoms with Gasteiger partial charge in [0.25, 0.3) is 0 Å². The van der Waals surface area contributed by atoms with Crippen LogP contribution in [0, 0.1) is 0 Å². The Bertz CT molecular complexity index is 399. The topological polar surface area (TPSA) is 39.7 Å². The van der Waals surface area contributed by atoms with E-state index in [0.717, 1.165) is 25.5 Å². The molecule has 0 aliphatic rings. The highest BCUT2D eigenvalue weighted by molar-refractivity contribution is 5.79. The van der Waals surface area contributed by atoms with Crippen LogP contribution in [0.2, 0.25) is 0 Å². The lowest BCUT2D eigenvalue weighted by molar-refractivity contribution is 0.785. The van der Waals surface area contributed by atoms with Crippen LogP contribution >= 0.6 is 0 Å². The van der Waals surface area contributed by atoms with Crippen LogP contribution in [0.15, 0.2) is 29.3 Å². The minimum absolute atomic E-state index is 0.695. The van der Waals surface area contributed by atoms with Crippen molar-refractivity contribution in [2.45, 2.75) is 26.8 Å². The molecular formula is C15H26N4. The summed E-state index contributed by atoms with van der Waals surface area (Å²) in [4.78, 5) is 6.70. The van der Waals surface area contributed by atoms with E-state index in [1.54, 1.807) is 0 Å². The number of anilines is 1. The van der Waals surface area contributed by atoms with E-state index >= 15 is 0 Å². The van der Waals surface area contributed by atoms with E-state index in [-0.39, 0.29) is 0 Å². The third-order valence-corrected chi connectivity index (χ3v) is 2.73. The van der Waals surface area contributed by atoms with Crippen molar-refractivity contribution in [1.29, 1.82) is 0 Å². The van der Waals surface area contributed by atoms with Gasteiger partial charge in [0.05, 0.1) is 6.54 Å². The van der Waals surface area contributed by atoms with Crippen molar-refractivity contribution < 1.29 is 0 Å². The van der Waals surface area contributed by atoms with Crippen LogP contribution in [0.4, 0.5) is 5.69 Å². The maximum Gasteiger partial charge on any atom is 0.191 e. The molecule has 2 N–H and O–H groups in total. The van der Waals surface area contributed by atoms with Crippen LogP contribution in [0.25, 0.3) is 0 Å². The zero-order valence-corrected chi connectivity index (χ0v) is 12.5. The van der Waals surface area contributed by atoms with Crippen molar-refractivity contribution in [1.82, 2.24) is 10.6 Å². The molecule has 0 aromatic heterocycles. The molecule has 0 aliphatic carbocycles. The molecule has 19 heavy (non-hydrogen) atoms. The highest BCUT2D eigenvalue weighted by Gasteiger charge is 1.99. The smallest absolute Gasteiger partial charge is 0.191 e. The van der Waals surface area contributed by atoms with Crippen molar-refractivity contribution in [3.8, 4) is 0 Å². The first kappa shape index (κ1) is 15.3. The number of aliphatic imine (C=N–C) groups is 1. The van der Waals surface area contributed by atoms with Gasteiger partial charge in [-0.2, -0.15) is 0 Å². The summed E-state index contributed by atoms with van der Waals surface area (Å²) < 4.78 is 0. The molecule has 0 fully saturated rings. The second-order valence-electron chi connectivity index (χ2n) is 4.69. The van der Waals surface area contributed by atoms with Gasteiger partial charge in [-0.1, -0.05) is 19.1 Å². The Labute approximate surface area is 116 Å². The fourth-order valence-electron chi connectivity index (χ4n) is 1.69. The predicted octanol–water partition coefficient (Wildman–Crippen LogP) is 2.22. The van der Waals surface area contributed by atoms with E-state index in [1.807, 2.05) is 0 Å². The highest BCUT2D eigenvalue weighted by atomic mass is 15.2. The predicted molar refractivity (Wildman–Crippen MR) is 83.9 cm³/mol. The normalized spacial score (nSPS) is 11.3. The van der Waals surface area contributed by atoms with E-state index in [0.29, 0.717) is 6.54 Å². The Balaban J connectivity index is 2.67. The van der Waals surface area contributed by atoms with Crippen molar-refractivity contribution in [2.75, 3.05) is 32.1 Å². The first-order valence-electron chi connectivity index (χ1n) is 6.95. The molecule has 4 heteroatoms. The summed E-state index contributed by atoms with van der Waals surface area (Å²) in [6.07, 6.45) is 1.10. The highest BCUT2D eigenvalue weighted by Crippen LogP contribution is 2.13. The third-order valence-electron chi connectivity index (χ3n) is 2.73. The average molecular weight is 262 g/mol. The number of nitrogens with zero attached hydrogens (tertiary/aromatic N) is 2. The standard InChI is InChI=1S/C15H26N4/c1-5-10-17-15(16-6-2)18-12-13-8-7-9-14(11-13)19(3)4/h7-9,11H,5-6,10,12H2,1-4H3,(H2,16,17,18). The van der Waals surface area contributed by atoms with Gasteiger partial charge in [-0.15, -0.1) is 0 Å². The molecule has 0 heterocycles. The molecule has 0 saturated carbocycles. The number of guanidine groups is 1. The molecule has 4 nitrogen and oxygen atoms in total. The largest absolute Gasteiger partial charge is 0.378 e. The van der Waals surface area contributed by atoms with Gasteiger partial charge in [0.1, 0.15) is 0 Å². The summed E-state index contributed by atoms with van der Waals surface area (Å²) >= 11 is 0. The second-order valence-corrected chi connectivity index (χ2v) is 4.69. The lowest BCUT2D eigenvalue weighted by Crippen LogP contribution is -2.37. The van der Waals surface area contributed by atoms with Gasteiger partial charge in [-0.3, -0.25) is 0 Å². The zero-order valence-electron chi connectivity index (χ0n) is 12.5. The lowest BCUT2D eigenvalue weighted by Gasteiger charge is -2.13. The van der Waals surface area contributed by atoms with Gasteiger partial charge in [-0.25, -0.2) is 4.99 Å². The Morgan fingerprint density at radius 3 is 2.63 bits per heavy atom. The van der Waals surface area contributed by atoms with Crippen molar-refractivity contribution in [2.24, 2.45) is 4.99 Å². The van der Waals surface area contributed by atoms with Crippen LogP contribution in [0.5, 0.6) is 0 Å². The van der Waals surface area contributed by atoms with Crippen LogP contribution in [0.3, 0.4) is 0 Å². The average Bonchev–Trinajstić information content (AvgIpc) is 2.42. The summed E-state index contributed by atoms with van der Waals surface area (Å²) in [7, 11) is 4.10. The maximum atomic E-state index is 4.60. The van der Waals surface area contributed by atoms with Gasteiger partial charge < -0.3 is 15.5 Å². The fraction of sp³-hybridized carbons (Fsp3) is 0.533. The van der Waals surface area contributed by atoms with E-state index in [1.165, 1.54) is 11.3 Å². The van der Waals surface area contributed by atoms with Crippen LogP contribution in [-0.2, 0) is 6.54 Å². The maximum absolute atomic E-state index is 4.60. The van der Waals surface area contributed by atoms with Crippen LogP contribution in [-0.4, -0.2) is 33.1 Å². The number of hydrogen-bond donors (Lipinski definition) is 2. The summed E-state index contributed by atoms with van der Waals surface area (Å²) in [6, 6.07) is 8.47. The second kappa shape index (κ2) is 8.40. The van der Waals surface area contributed by atoms with Crippen LogP contribution < -0.4 is 15.5 Å². The Morgan fingerprint density at radius 2 is 2.00 bits per heavy atom. The van der Waals surface area contributed by atoms with Gasteiger partial charge in [0.2, 0.25) is 0 Å². The molecule has 1 aromatic rings. The summed E-state index contributed by atoms with van der Waals surface area (Å²) in [6.45, 7) is 6.75. The summed E-state index contributed by atoms with van der Waals surface area (Å²) in [5, 5.41) is 6.56. The van der Waals surface area contributed by atoms with Crippen LogP contribution in [0.1, 0.15) is 25.8 Å². The minimum Gasteiger partial charge on any atom is -0.378 e. The summed E-state index contributed by atoms with van der Waals surface area (Å²) in [5.41, 5.74) is 2.43. The molecule has 0 atom stereocenters. The van der Waals surface area contributed by atoms with Crippen molar-refractivity contribution >= 4 is 11.6 Å². The molecule has 0 saturated heterocycles. The molecule has 0 aliphatic heterocycles. The van der Waals surface area contributed by atoms with E-state index in [2.05, 4.69) is 72.7 Å². The number of rotatable bonds is 6. The molecule has 1 rings (SSSR count). The first-order chi connectivity index (χ1) is 9.17. The van der Waals surface area contributed by atoms with E-state index < -0.39 is 0 Å². The molecule has 106 valence electrons. The Kier molecular flexibility index (Phi) is 6.79. The molecule has 0 unspecified atom stereocenters. The first-order valence-corrected chi connectivity index (χ1v) is 6.95. The molecule has 1 aromatic carbocycles. The van der Waals surface area contributed by atoms with Gasteiger partial charge in [0.15, 0.2) is 5.96 Å².